The van der Waals surface area contributed by atoms with Gasteiger partial charge in [-0.1, -0.05) is 31.0 Å². The van der Waals surface area contributed by atoms with Crippen molar-refractivity contribution >= 4 is 8.80 Å². The first-order valence-electron chi connectivity index (χ1n) is 8.86. The Balaban J connectivity index is 2.34. The molecule has 1 rings (SSSR count). The fourth-order valence-electron chi connectivity index (χ4n) is 2.77. The molecule has 7 heteroatoms. The van der Waals surface area contributed by atoms with Crippen LogP contribution in [0.2, 0.25) is 6.04 Å². The van der Waals surface area contributed by atoms with Gasteiger partial charge in [0.15, 0.2) is 0 Å². The Morgan fingerprint density at radius 1 is 0.960 bits per heavy atom. The van der Waals surface area contributed by atoms with Gasteiger partial charge >= 0.3 is 15.0 Å². The summed E-state index contributed by atoms with van der Waals surface area (Å²) < 4.78 is 55.1. The topological polar surface area (TPSA) is 27.7 Å². The first-order chi connectivity index (χ1) is 11.9. The Bertz CT molecular complexity index is 489. The molecule has 0 heterocycles. The van der Waals surface area contributed by atoms with Crippen molar-refractivity contribution in [1.29, 1.82) is 0 Å². The smallest absolute Gasteiger partial charge is 0.377 e. The summed E-state index contributed by atoms with van der Waals surface area (Å²) in [6.45, 7) is 4.98. The van der Waals surface area contributed by atoms with E-state index >= 15 is 0 Å². The van der Waals surface area contributed by atoms with Crippen LogP contribution in [0.5, 0.6) is 0 Å². The summed E-state index contributed by atoms with van der Waals surface area (Å²) in [7, 11) is -0.917. The van der Waals surface area contributed by atoms with Crippen LogP contribution in [0.3, 0.4) is 0 Å². The lowest BCUT2D eigenvalue weighted by Gasteiger charge is -2.27. The van der Waals surface area contributed by atoms with Gasteiger partial charge in [-0.05, 0) is 44.7 Å². The predicted octanol–water partition coefficient (Wildman–Crippen LogP) is 5.47. The Morgan fingerprint density at radius 3 is 2.16 bits per heavy atom. The van der Waals surface area contributed by atoms with E-state index < -0.39 is 20.5 Å². The normalized spacial score (nSPS) is 12.6. The molecule has 0 aliphatic carbocycles. The van der Waals surface area contributed by atoms with Crippen molar-refractivity contribution < 1.29 is 26.4 Å². The molecule has 0 aliphatic rings. The standard InChI is InChI=1S/C18H29F3O3Si/c1-4-23-25(22-3,24-5-2)14-9-7-6-8-11-16-12-10-13-17(15-16)18(19,20)21/h10,12-13,15H,4-9,11,14H2,1-3H3. The van der Waals surface area contributed by atoms with Crippen molar-refractivity contribution in [2.24, 2.45) is 0 Å². The van der Waals surface area contributed by atoms with E-state index in [1.54, 1.807) is 13.2 Å². The fraction of sp³-hybridized carbons (Fsp3) is 0.667. The lowest BCUT2D eigenvalue weighted by molar-refractivity contribution is -0.137. The van der Waals surface area contributed by atoms with Crippen molar-refractivity contribution in [1.82, 2.24) is 0 Å². The molecule has 0 fully saturated rings. The van der Waals surface area contributed by atoms with E-state index in [1.165, 1.54) is 12.1 Å². The zero-order valence-electron chi connectivity index (χ0n) is 15.3. The van der Waals surface area contributed by atoms with Gasteiger partial charge in [0.2, 0.25) is 0 Å². The minimum Gasteiger partial charge on any atom is -0.377 e. The third-order valence-corrected chi connectivity index (χ3v) is 7.04. The predicted molar refractivity (Wildman–Crippen MR) is 94.4 cm³/mol. The number of hydrogen-bond acceptors (Lipinski definition) is 3. The van der Waals surface area contributed by atoms with Gasteiger partial charge in [-0.2, -0.15) is 13.2 Å². The minimum atomic E-state index is -4.28. The number of benzene rings is 1. The second-order valence-corrected chi connectivity index (χ2v) is 8.72. The summed E-state index contributed by atoms with van der Waals surface area (Å²) in [6, 6.07) is 6.35. The zero-order valence-corrected chi connectivity index (χ0v) is 16.3. The molecular formula is C18H29F3O3Si. The monoisotopic (exact) mass is 378 g/mol. The molecule has 0 bridgehead atoms. The summed E-state index contributed by atoms with van der Waals surface area (Å²) in [4.78, 5) is 0. The van der Waals surface area contributed by atoms with E-state index in [-0.39, 0.29) is 0 Å². The molecule has 1 aromatic carbocycles. The first-order valence-corrected chi connectivity index (χ1v) is 10.8. The lowest BCUT2D eigenvalue weighted by Crippen LogP contribution is -2.44. The number of unbranched alkanes of at least 4 members (excludes halogenated alkanes) is 3. The van der Waals surface area contributed by atoms with Crippen LogP contribution in [-0.4, -0.2) is 29.1 Å². The highest BCUT2D eigenvalue weighted by Gasteiger charge is 2.38. The second kappa shape index (κ2) is 11.0. The average molecular weight is 379 g/mol. The molecular weight excluding hydrogens is 349 g/mol. The zero-order chi connectivity index (χ0) is 18.8. The molecule has 25 heavy (non-hydrogen) atoms. The fourth-order valence-corrected chi connectivity index (χ4v) is 5.15. The Morgan fingerprint density at radius 2 is 1.60 bits per heavy atom. The van der Waals surface area contributed by atoms with Gasteiger partial charge in [-0.3, -0.25) is 0 Å². The molecule has 0 unspecified atom stereocenters. The van der Waals surface area contributed by atoms with Crippen LogP contribution in [-0.2, 0) is 25.9 Å². The molecule has 0 aliphatic heterocycles. The van der Waals surface area contributed by atoms with Crippen LogP contribution in [0, 0.1) is 0 Å². The van der Waals surface area contributed by atoms with Crippen molar-refractivity contribution in [3.05, 3.63) is 35.4 Å². The van der Waals surface area contributed by atoms with Gasteiger partial charge < -0.3 is 13.3 Å². The van der Waals surface area contributed by atoms with Gasteiger partial charge in [0.25, 0.3) is 0 Å². The number of hydrogen-bond donors (Lipinski definition) is 0. The van der Waals surface area contributed by atoms with Crippen LogP contribution >= 0.6 is 0 Å². The minimum absolute atomic E-state index is 0.565. The molecule has 0 atom stereocenters. The van der Waals surface area contributed by atoms with Gasteiger partial charge in [-0.15, -0.1) is 0 Å². The van der Waals surface area contributed by atoms with Crippen molar-refractivity contribution in [3.8, 4) is 0 Å². The molecule has 0 radical (unpaired) electrons. The van der Waals surface area contributed by atoms with Crippen LogP contribution in [0.1, 0.15) is 50.7 Å². The number of halogens is 3. The maximum Gasteiger partial charge on any atom is 0.500 e. The summed E-state index contributed by atoms with van der Waals surface area (Å²) in [6.07, 6.45) is 0.130. The van der Waals surface area contributed by atoms with E-state index in [9.17, 15) is 13.2 Å². The van der Waals surface area contributed by atoms with Crippen LogP contribution in [0.4, 0.5) is 13.2 Å². The highest BCUT2D eigenvalue weighted by atomic mass is 28.4. The van der Waals surface area contributed by atoms with E-state index in [0.29, 0.717) is 19.6 Å². The molecule has 0 amide bonds. The second-order valence-electron chi connectivity index (χ2n) is 5.87. The van der Waals surface area contributed by atoms with E-state index in [4.69, 9.17) is 13.3 Å². The van der Waals surface area contributed by atoms with Gasteiger partial charge in [0, 0.05) is 26.4 Å². The average Bonchev–Trinajstić information content (AvgIpc) is 2.57. The first kappa shape index (κ1) is 22.1. The van der Waals surface area contributed by atoms with Gasteiger partial charge in [-0.25, -0.2) is 0 Å². The Hall–Kier alpha value is -0.893. The van der Waals surface area contributed by atoms with Crippen LogP contribution in [0.15, 0.2) is 24.3 Å². The number of rotatable bonds is 12. The SMILES string of the molecule is CCO[Si](CCCCCCc1cccc(C(F)(F)F)c1)(OC)OCC. The van der Waals surface area contributed by atoms with Crippen molar-refractivity contribution in [2.45, 2.75) is 58.2 Å². The van der Waals surface area contributed by atoms with Crippen LogP contribution in [0.25, 0.3) is 0 Å². The van der Waals surface area contributed by atoms with E-state index in [1.807, 2.05) is 13.8 Å². The Kier molecular flexibility index (Phi) is 9.71. The maximum atomic E-state index is 12.7. The van der Waals surface area contributed by atoms with Gasteiger partial charge in [0.05, 0.1) is 5.56 Å². The maximum absolute atomic E-state index is 12.7. The largest absolute Gasteiger partial charge is 0.500 e. The molecule has 3 nitrogen and oxygen atoms in total. The van der Waals surface area contributed by atoms with E-state index in [2.05, 4.69) is 0 Å². The highest BCUT2D eigenvalue weighted by molar-refractivity contribution is 6.60. The molecule has 0 saturated heterocycles. The number of alkyl halides is 3. The summed E-state index contributed by atoms with van der Waals surface area (Å²) in [5.74, 6) is 0. The molecule has 0 spiro atoms. The molecule has 0 aromatic heterocycles. The van der Waals surface area contributed by atoms with Gasteiger partial charge in [0.1, 0.15) is 0 Å². The van der Waals surface area contributed by atoms with Crippen LogP contribution < -0.4 is 0 Å². The highest BCUT2D eigenvalue weighted by Crippen LogP contribution is 2.30. The summed E-state index contributed by atoms with van der Waals surface area (Å²) >= 11 is 0. The number of aryl methyl sites for hydroxylation is 1. The summed E-state index contributed by atoms with van der Waals surface area (Å²) in [5, 5.41) is 0. The molecule has 1 aromatic rings. The summed E-state index contributed by atoms with van der Waals surface area (Å²) in [5.41, 5.74) is 0.161. The third kappa shape index (κ3) is 7.90. The molecule has 144 valence electrons. The van der Waals surface area contributed by atoms with Crippen molar-refractivity contribution in [3.63, 3.8) is 0 Å². The van der Waals surface area contributed by atoms with E-state index in [0.717, 1.165) is 43.4 Å². The third-order valence-electron chi connectivity index (χ3n) is 3.99. The molecule has 0 saturated carbocycles. The molecule has 0 N–H and O–H groups in total. The lowest BCUT2D eigenvalue weighted by atomic mass is 10.0. The Labute approximate surface area is 149 Å². The van der Waals surface area contributed by atoms with Crippen molar-refractivity contribution in [2.75, 3.05) is 20.3 Å². The quantitative estimate of drug-likeness (QED) is 0.357.